The monoisotopic (exact) mass is 334 g/mol. The highest BCUT2D eigenvalue weighted by Crippen LogP contribution is 2.28. The van der Waals surface area contributed by atoms with Gasteiger partial charge in [0.1, 0.15) is 5.75 Å². The standard InChI is InChI=1S/C20H18N2O3/c1-24-18-6-3-14(4-7-18)9-16(12-21)17(13-22)10-15-5-8-20(25-2)19(23)11-15/h3-8,10-11,16,23H,9H2,1-2H3/b17-10+. The number of ether oxygens (including phenoxy) is 2. The summed E-state index contributed by atoms with van der Waals surface area (Å²) >= 11 is 0. The van der Waals surface area contributed by atoms with Gasteiger partial charge in [-0.25, -0.2) is 0 Å². The smallest absolute Gasteiger partial charge is 0.160 e. The van der Waals surface area contributed by atoms with Crippen LogP contribution in [0.5, 0.6) is 17.2 Å². The van der Waals surface area contributed by atoms with E-state index < -0.39 is 5.92 Å². The molecule has 5 nitrogen and oxygen atoms in total. The zero-order valence-corrected chi connectivity index (χ0v) is 14.1. The van der Waals surface area contributed by atoms with Crippen LogP contribution in [0.2, 0.25) is 0 Å². The summed E-state index contributed by atoms with van der Waals surface area (Å²) in [5.41, 5.74) is 1.90. The minimum Gasteiger partial charge on any atom is -0.504 e. The lowest BCUT2D eigenvalue weighted by Gasteiger charge is -2.09. The minimum atomic E-state index is -0.581. The fourth-order valence-electron chi connectivity index (χ4n) is 2.41. The Morgan fingerprint density at radius 1 is 1.12 bits per heavy atom. The van der Waals surface area contributed by atoms with E-state index >= 15 is 0 Å². The summed E-state index contributed by atoms with van der Waals surface area (Å²) in [6, 6.07) is 16.5. The van der Waals surface area contributed by atoms with E-state index in [0.717, 1.165) is 11.3 Å². The molecule has 0 radical (unpaired) electrons. The summed E-state index contributed by atoms with van der Waals surface area (Å²) in [7, 11) is 3.06. The highest BCUT2D eigenvalue weighted by Gasteiger charge is 2.15. The molecule has 0 saturated carbocycles. The topological polar surface area (TPSA) is 86.3 Å². The molecule has 0 bridgehead atoms. The van der Waals surface area contributed by atoms with Gasteiger partial charge in [0.2, 0.25) is 0 Å². The van der Waals surface area contributed by atoms with Crippen LogP contribution in [0.3, 0.4) is 0 Å². The number of hydrogen-bond donors (Lipinski definition) is 1. The van der Waals surface area contributed by atoms with Crippen molar-refractivity contribution in [1.29, 1.82) is 10.5 Å². The molecule has 25 heavy (non-hydrogen) atoms. The number of phenols is 1. The Kier molecular flexibility index (Phi) is 6.03. The molecule has 0 aliphatic carbocycles. The number of hydrogen-bond acceptors (Lipinski definition) is 5. The van der Waals surface area contributed by atoms with E-state index in [-0.39, 0.29) is 5.75 Å². The Bertz CT molecular complexity index is 843. The first kappa shape index (κ1) is 17.9. The third-order valence-electron chi connectivity index (χ3n) is 3.78. The second-order valence-corrected chi connectivity index (χ2v) is 5.38. The molecular weight excluding hydrogens is 316 g/mol. The van der Waals surface area contributed by atoms with E-state index in [1.807, 2.05) is 24.3 Å². The van der Waals surface area contributed by atoms with Crippen molar-refractivity contribution in [2.75, 3.05) is 14.2 Å². The van der Waals surface area contributed by atoms with Gasteiger partial charge in [0.15, 0.2) is 11.5 Å². The molecule has 5 heteroatoms. The summed E-state index contributed by atoms with van der Waals surface area (Å²) < 4.78 is 10.1. The van der Waals surface area contributed by atoms with E-state index in [1.54, 1.807) is 25.3 Å². The number of benzene rings is 2. The average Bonchev–Trinajstić information content (AvgIpc) is 2.65. The molecule has 0 aliphatic rings. The second-order valence-electron chi connectivity index (χ2n) is 5.38. The molecule has 0 spiro atoms. The average molecular weight is 334 g/mol. The molecule has 2 aromatic carbocycles. The SMILES string of the molecule is COc1ccc(CC(C#N)/C(C#N)=C/c2ccc(OC)c(O)c2)cc1. The van der Waals surface area contributed by atoms with E-state index in [4.69, 9.17) is 9.47 Å². The van der Waals surface area contributed by atoms with E-state index in [1.165, 1.54) is 13.2 Å². The Morgan fingerprint density at radius 3 is 2.36 bits per heavy atom. The zero-order valence-electron chi connectivity index (χ0n) is 14.1. The van der Waals surface area contributed by atoms with Crippen LogP contribution in [-0.4, -0.2) is 19.3 Å². The van der Waals surface area contributed by atoms with Gasteiger partial charge in [0.25, 0.3) is 0 Å². The molecule has 0 aromatic heterocycles. The summed E-state index contributed by atoms with van der Waals surface area (Å²) in [6.07, 6.45) is 2.03. The second kappa shape index (κ2) is 8.42. The maximum atomic E-state index is 9.84. The van der Waals surface area contributed by atoms with Crippen molar-refractivity contribution in [2.45, 2.75) is 6.42 Å². The summed E-state index contributed by atoms with van der Waals surface area (Å²) in [5.74, 6) is 0.493. The van der Waals surface area contributed by atoms with Gasteiger partial charge in [0, 0.05) is 5.57 Å². The number of nitrogens with zero attached hydrogens (tertiary/aromatic N) is 2. The van der Waals surface area contributed by atoms with Crippen LogP contribution >= 0.6 is 0 Å². The molecule has 126 valence electrons. The molecule has 0 heterocycles. The lowest BCUT2D eigenvalue weighted by molar-refractivity contribution is 0.373. The van der Waals surface area contributed by atoms with Gasteiger partial charge in [-0.1, -0.05) is 18.2 Å². The third-order valence-corrected chi connectivity index (χ3v) is 3.78. The van der Waals surface area contributed by atoms with Crippen LogP contribution in [-0.2, 0) is 6.42 Å². The van der Waals surface area contributed by atoms with Crippen molar-refractivity contribution in [3.63, 3.8) is 0 Å². The fourth-order valence-corrected chi connectivity index (χ4v) is 2.41. The number of rotatable bonds is 6. The van der Waals surface area contributed by atoms with Crippen LogP contribution in [0.1, 0.15) is 11.1 Å². The van der Waals surface area contributed by atoms with E-state index in [2.05, 4.69) is 12.1 Å². The molecule has 1 atom stereocenters. The first-order valence-electron chi connectivity index (χ1n) is 7.62. The minimum absolute atomic E-state index is 0.0165. The Hall–Kier alpha value is -3.44. The van der Waals surface area contributed by atoms with Crippen LogP contribution in [0.4, 0.5) is 0 Å². The predicted molar refractivity (Wildman–Crippen MR) is 94.0 cm³/mol. The van der Waals surface area contributed by atoms with Gasteiger partial charge in [-0.05, 0) is 47.9 Å². The summed E-state index contributed by atoms with van der Waals surface area (Å²) in [6.45, 7) is 0. The van der Waals surface area contributed by atoms with Gasteiger partial charge in [-0.15, -0.1) is 0 Å². The maximum absolute atomic E-state index is 9.84. The van der Waals surface area contributed by atoms with Gasteiger partial charge in [-0.2, -0.15) is 10.5 Å². The van der Waals surface area contributed by atoms with Crippen LogP contribution in [0, 0.1) is 28.6 Å². The molecule has 2 rings (SSSR count). The van der Waals surface area contributed by atoms with Crippen molar-refractivity contribution in [2.24, 2.45) is 5.92 Å². The number of allylic oxidation sites excluding steroid dienone is 1. The third kappa shape index (κ3) is 4.53. The number of methoxy groups -OCH3 is 2. The highest BCUT2D eigenvalue weighted by atomic mass is 16.5. The summed E-state index contributed by atoms with van der Waals surface area (Å²) in [5, 5.41) is 28.8. The molecule has 0 saturated heterocycles. The number of nitriles is 2. The molecule has 1 N–H and O–H groups in total. The van der Waals surface area contributed by atoms with Crippen LogP contribution < -0.4 is 9.47 Å². The molecular formula is C20H18N2O3. The van der Waals surface area contributed by atoms with Crippen molar-refractivity contribution >= 4 is 6.08 Å². The van der Waals surface area contributed by atoms with Crippen molar-refractivity contribution in [3.8, 4) is 29.4 Å². The Balaban J connectivity index is 2.25. The highest BCUT2D eigenvalue weighted by molar-refractivity contribution is 5.62. The molecule has 0 amide bonds. The van der Waals surface area contributed by atoms with Crippen LogP contribution in [0.15, 0.2) is 48.0 Å². The van der Waals surface area contributed by atoms with E-state index in [0.29, 0.717) is 23.3 Å². The van der Waals surface area contributed by atoms with Gasteiger partial charge >= 0.3 is 0 Å². The fraction of sp³-hybridized carbons (Fsp3) is 0.200. The van der Waals surface area contributed by atoms with E-state index in [9.17, 15) is 15.6 Å². The van der Waals surface area contributed by atoms with Gasteiger partial charge < -0.3 is 14.6 Å². The molecule has 0 aliphatic heterocycles. The Labute approximate surface area is 147 Å². The Morgan fingerprint density at radius 2 is 1.84 bits per heavy atom. The predicted octanol–water partition coefficient (Wildman–Crippen LogP) is 3.70. The first-order valence-corrected chi connectivity index (χ1v) is 7.62. The lowest BCUT2D eigenvalue weighted by atomic mass is 9.92. The maximum Gasteiger partial charge on any atom is 0.160 e. The summed E-state index contributed by atoms with van der Waals surface area (Å²) in [4.78, 5) is 0. The zero-order chi connectivity index (χ0) is 18.2. The van der Waals surface area contributed by atoms with Crippen molar-refractivity contribution in [3.05, 3.63) is 59.2 Å². The van der Waals surface area contributed by atoms with Gasteiger partial charge in [-0.3, -0.25) is 0 Å². The first-order chi connectivity index (χ1) is 12.1. The van der Waals surface area contributed by atoms with Crippen molar-refractivity contribution in [1.82, 2.24) is 0 Å². The lowest BCUT2D eigenvalue weighted by Crippen LogP contribution is -2.04. The van der Waals surface area contributed by atoms with Gasteiger partial charge in [0.05, 0.1) is 32.3 Å². The molecule has 2 aromatic rings. The number of phenolic OH excluding ortho intramolecular Hbond substituents is 1. The number of aromatic hydroxyl groups is 1. The van der Waals surface area contributed by atoms with Crippen molar-refractivity contribution < 1.29 is 14.6 Å². The molecule has 0 fully saturated rings. The van der Waals surface area contributed by atoms with Crippen LogP contribution in [0.25, 0.3) is 6.08 Å². The normalized spacial score (nSPS) is 11.9. The largest absolute Gasteiger partial charge is 0.504 e. The quantitative estimate of drug-likeness (QED) is 0.814. The molecule has 1 unspecified atom stereocenters.